The lowest BCUT2D eigenvalue weighted by atomic mass is 9.96. The van der Waals surface area contributed by atoms with Crippen LogP contribution < -0.4 is 5.32 Å². The second-order valence-electron chi connectivity index (χ2n) is 5.65. The standard InChI is InChI=1S/C16H22N2O3/c19-16(13-8-10-15(11-9-13)18(20)21)12-17-14-6-4-2-1-3-5-7-14/h8-11,14,17H,1-7,12H2. The molecule has 0 saturated heterocycles. The van der Waals surface area contributed by atoms with Gasteiger partial charge in [-0.25, -0.2) is 0 Å². The van der Waals surface area contributed by atoms with Crippen LogP contribution in [0.15, 0.2) is 24.3 Å². The van der Waals surface area contributed by atoms with E-state index in [1.807, 2.05) is 0 Å². The largest absolute Gasteiger partial charge is 0.307 e. The predicted octanol–water partition coefficient (Wildman–Crippen LogP) is 3.48. The average Bonchev–Trinajstić information content (AvgIpc) is 2.46. The van der Waals surface area contributed by atoms with Gasteiger partial charge in [0.2, 0.25) is 0 Å². The van der Waals surface area contributed by atoms with E-state index >= 15 is 0 Å². The second-order valence-corrected chi connectivity index (χ2v) is 5.65. The fourth-order valence-corrected chi connectivity index (χ4v) is 2.77. The zero-order valence-electron chi connectivity index (χ0n) is 12.2. The van der Waals surface area contributed by atoms with Crippen molar-refractivity contribution in [3.8, 4) is 0 Å². The third-order valence-corrected chi connectivity index (χ3v) is 4.06. The van der Waals surface area contributed by atoms with Gasteiger partial charge in [0.25, 0.3) is 5.69 Å². The van der Waals surface area contributed by atoms with Gasteiger partial charge in [-0.15, -0.1) is 0 Å². The number of hydrogen-bond donors (Lipinski definition) is 1. The Balaban J connectivity index is 1.84. The van der Waals surface area contributed by atoms with Gasteiger partial charge in [0.1, 0.15) is 0 Å². The molecule has 1 aliphatic rings. The summed E-state index contributed by atoms with van der Waals surface area (Å²) in [6.45, 7) is 0.308. The Bertz CT molecular complexity index is 477. The van der Waals surface area contributed by atoms with E-state index in [-0.39, 0.29) is 11.5 Å². The number of hydrogen-bond acceptors (Lipinski definition) is 4. The van der Waals surface area contributed by atoms with Crippen LogP contribution in [0.5, 0.6) is 0 Å². The predicted molar refractivity (Wildman–Crippen MR) is 81.5 cm³/mol. The third kappa shape index (κ3) is 4.93. The van der Waals surface area contributed by atoms with Crippen LogP contribution in [0.25, 0.3) is 0 Å². The maximum absolute atomic E-state index is 12.1. The lowest BCUT2D eigenvalue weighted by Gasteiger charge is -2.20. The van der Waals surface area contributed by atoms with Crippen LogP contribution in [0, 0.1) is 10.1 Å². The topological polar surface area (TPSA) is 72.2 Å². The Kier molecular flexibility index (Phi) is 5.87. The van der Waals surface area contributed by atoms with E-state index in [0.29, 0.717) is 18.2 Å². The number of nitro groups is 1. The summed E-state index contributed by atoms with van der Waals surface area (Å²) >= 11 is 0. The van der Waals surface area contributed by atoms with E-state index in [2.05, 4.69) is 5.32 Å². The number of ketones is 1. The molecule has 1 aromatic carbocycles. The Morgan fingerprint density at radius 1 is 1.10 bits per heavy atom. The molecule has 0 aromatic heterocycles. The first kappa shape index (κ1) is 15.6. The normalized spacial score (nSPS) is 17.0. The molecule has 0 bridgehead atoms. The third-order valence-electron chi connectivity index (χ3n) is 4.06. The SMILES string of the molecule is O=C(CNC1CCCCCCC1)c1ccc([N+](=O)[O-])cc1. The first-order valence-corrected chi connectivity index (χ1v) is 7.68. The van der Waals surface area contributed by atoms with Gasteiger partial charge in [0, 0.05) is 23.7 Å². The van der Waals surface area contributed by atoms with Gasteiger partial charge >= 0.3 is 0 Å². The maximum atomic E-state index is 12.1. The molecule has 0 unspecified atom stereocenters. The summed E-state index contributed by atoms with van der Waals surface area (Å²) < 4.78 is 0. The molecule has 114 valence electrons. The molecular weight excluding hydrogens is 268 g/mol. The van der Waals surface area contributed by atoms with Gasteiger partial charge in [-0.2, -0.15) is 0 Å². The van der Waals surface area contributed by atoms with Gasteiger partial charge in [0.15, 0.2) is 5.78 Å². The summed E-state index contributed by atoms with van der Waals surface area (Å²) in [5.41, 5.74) is 0.540. The molecule has 1 aromatic rings. The Labute approximate surface area is 124 Å². The van der Waals surface area contributed by atoms with Crippen molar-refractivity contribution in [2.24, 2.45) is 0 Å². The monoisotopic (exact) mass is 290 g/mol. The average molecular weight is 290 g/mol. The summed E-state index contributed by atoms with van der Waals surface area (Å²) in [5, 5.41) is 13.9. The molecule has 21 heavy (non-hydrogen) atoms. The molecule has 1 fully saturated rings. The molecule has 1 saturated carbocycles. The first-order chi connectivity index (χ1) is 10.2. The second kappa shape index (κ2) is 7.88. The van der Waals surface area contributed by atoms with E-state index in [1.54, 1.807) is 0 Å². The van der Waals surface area contributed by atoms with Crippen LogP contribution in [0.3, 0.4) is 0 Å². The van der Waals surface area contributed by atoms with Gasteiger partial charge in [-0.3, -0.25) is 14.9 Å². The number of nitrogens with zero attached hydrogens (tertiary/aromatic N) is 1. The zero-order valence-corrected chi connectivity index (χ0v) is 12.2. The lowest BCUT2D eigenvalue weighted by molar-refractivity contribution is -0.384. The van der Waals surface area contributed by atoms with Gasteiger partial charge in [-0.05, 0) is 25.0 Å². The molecule has 5 nitrogen and oxygen atoms in total. The number of nitro benzene ring substituents is 1. The van der Waals surface area contributed by atoms with Crippen molar-refractivity contribution in [1.29, 1.82) is 0 Å². The molecular formula is C16H22N2O3. The van der Waals surface area contributed by atoms with E-state index < -0.39 is 4.92 Å². The minimum atomic E-state index is -0.457. The van der Waals surface area contributed by atoms with E-state index in [0.717, 1.165) is 12.8 Å². The molecule has 1 N–H and O–H groups in total. The smallest absolute Gasteiger partial charge is 0.269 e. The van der Waals surface area contributed by atoms with Gasteiger partial charge in [0.05, 0.1) is 11.5 Å². The van der Waals surface area contributed by atoms with Crippen LogP contribution in [0.1, 0.15) is 55.3 Å². The molecule has 0 amide bonds. The van der Waals surface area contributed by atoms with Crippen molar-refractivity contribution in [2.45, 2.75) is 51.0 Å². The number of nitrogens with one attached hydrogen (secondary N) is 1. The number of benzene rings is 1. The first-order valence-electron chi connectivity index (χ1n) is 7.68. The van der Waals surface area contributed by atoms with Crippen LogP contribution in [-0.4, -0.2) is 23.3 Å². The van der Waals surface area contributed by atoms with Crippen molar-refractivity contribution in [3.63, 3.8) is 0 Å². The quantitative estimate of drug-likeness (QED) is 0.512. The summed E-state index contributed by atoms with van der Waals surface area (Å²) in [6, 6.07) is 6.24. The molecule has 0 aliphatic heterocycles. The highest BCUT2D eigenvalue weighted by molar-refractivity contribution is 5.97. The highest BCUT2D eigenvalue weighted by Crippen LogP contribution is 2.17. The van der Waals surface area contributed by atoms with Crippen molar-refractivity contribution in [2.75, 3.05) is 6.54 Å². The van der Waals surface area contributed by atoms with Crippen molar-refractivity contribution in [3.05, 3.63) is 39.9 Å². The molecule has 0 spiro atoms. The zero-order chi connectivity index (χ0) is 15.1. The Hall–Kier alpha value is -1.75. The molecule has 1 aliphatic carbocycles. The fourth-order valence-electron chi connectivity index (χ4n) is 2.77. The van der Waals surface area contributed by atoms with E-state index in [1.165, 1.54) is 56.4 Å². The van der Waals surface area contributed by atoms with Crippen LogP contribution in [-0.2, 0) is 0 Å². The van der Waals surface area contributed by atoms with E-state index in [4.69, 9.17) is 0 Å². The van der Waals surface area contributed by atoms with Crippen LogP contribution in [0.4, 0.5) is 5.69 Å². The number of rotatable bonds is 5. The number of carbonyl (C=O) groups is 1. The highest BCUT2D eigenvalue weighted by atomic mass is 16.6. The Morgan fingerprint density at radius 2 is 1.67 bits per heavy atom. The maximum Gasteiger partial charge on any atom is 0.269 e. The van der Waals surface area contributed by atoms with Gasteiger partial charge in [-0.1, -0.05) is 32.1 Å². The molecule has 0 atom stereocenters. The molecule has 0 heterocycles. The number of carbonyl (C=O) groups excluding carboxylic acids is 1. The van der Waals surface area contributed by atoms with Crippen molar-refractivity contribution in [1.82, 2.24) is 5.32 Å². The number of non-ortho nitro benzene ring substituents is 1. The summed E-state index contributed by atoms with van der Waals surface area (Å²) in [7, 11) is 0. The summed E-state index contributed by atoms with van der Waals surface area (Å²) in [6.07, 6.45) is 8.62. The van der Waals surface area contributed by atoms with Crippen molar-refractivity contribution >= 4 is 11.5 Å². The Morgan fingerprint density at radius 3 is 2.24 bits per heavy atom. The minimum Gasteiger partial charge on any atom is -0.307 e. The molecule has 2 rings (SSSR count). The summed E-state index contributed by atoms with van der Waals surface area (Å²) in [4.78, 5) is 22.2. The van der Waals surface area contributed by atoms with Crippen molar-refractivity contribution < 1.29 is 9.72 Å². The van der Waals surface area contributed by atoms with Gasteiger partial charge < -0.3 is 5.32 Å². The molecule has 5 heteroatoms. The van der Waals surface area contributed by atoms with Crippen LogP contribution in [0.2, 0.25) is 0 Å². The minimum absolute atomic E-state index is 0.00745. The number of Topliss-reactive ketones (excluding diaryl/α,β-unsaturated/α-hetero) is 1. The van der Waals surface area contributed by atoms with E-state index in [9.17, 15) is 14.9 Å². The van der Waals surface area contributed by atoms with Crippen LogP contribution >= 0.6 is 0 Å². The lowest BCUT2D eigenvalue weighted by Crippen LogP contribution is -2.34. The highest BCUT2D eigenvalue weighted by Gasteiger charge is 2.14. The summed E-state index contributed by atoms with van der Waals surface area (Å²) in [5.74, 6) is -0.00745. The molecule has 0 radical (unpaired) electrons. The fraction of sp³-hybridized carbons (Fsp3) is 0.562.